The van der Waals surface area contributed by atoms with E-state index >= 15 is 0 Å². The van der Waals surface area contributed by atoms with Gasteiger partial charge in [0.2, 0.25) is 5.91 Å². The molecule has 0 aliphatic carbocycles. The van der Waals surface area contributed by atoms with E-state index in [0.717, 1.165) is 30.0 Å². The maximum Gasteiger partial charge on any atom is 0.247 e. The van der Waals surface area contributed by atoms with Crippen molar-refractivity contribution >= 4 is 23.7 Å². The number of amides is 1. The van der Waals surface area contributed by atoms with Gasteiger partial charge in [-0.25, -0.2) is 0 Å². The van der Waals surface area contributed by atoms with Crippen LogP contribution in [0.1, 0.15) is 25.0 Å². The monoisotopic (exact) mass is 510 g/mol. The van der Waals surface area contributed by atoms with Crippen LogP contribution < -0.4 is 14.2 Å². The van der Waals surface area contributed by atoms with E-state index in [2.05, 4.69) is 24.7 Å². The number of benzene rings is 2. The van der Waals surface area contributed by atoms with Crippen LogP contribution in [-0.4, -0.2) is 71.9 Å². The number of phenols is 1. The maximum absolute atomic E-state index is 13.1. The summed E-state index contributed by atoms with van der Waals surface area (Å²) in [4.78, 5) is 17.1. The molecule has 1 saturated heterocycles. The molecular weight excluding hydrogens is 476 g/mol. The number of aromatic hydroxyl groups is 1. The lowest BCUT2D eigenvalue weighted by Gasteiger charge is -2.23. The first kappa shape index (κ1) is 27.3. The van der Waals surface area contributed by atoms with Crippen molar-refractivity contribution in [3.05, 3.63) is 53.6 Å². The molecule has 0 spiro atoms. The van der Waals surface area contributed by atoms with E-state index in [1.807, 2.05) is 24.3 Å². The number of methoxy groups -OCH3 is 1. The molecule has 0 aromatic heterocycles. The topological polar surface area (TPSA) is 71.5 Å². The number of rotatable bonds is 12. The largest absolute Gasteiger partial charge is 0.504 e. The molecule has 1 atom stereocenters. The predicted octanol–water partition coefficient (Wildman–Crippen LogP) is 4.25. The van der Waals surface area contributed by atoms with Gasteiger partial charge in [-0.15, -0.1) is 18.2 Å². The lowest BCUT2D eigenvalue weighted by molar-refractivity contribution is -0.126. The molecule has 36 heavy (non-hydrogen) atoms. The molecule has 1 amide bonds. The molecule has 0 radical (unpaired) electrons. The van der Waals surface area contributed by atoms with Crippen molar-refractivity contribution in [2.75, 3.05) is 45.7 Å². The van der Waals surface area contributed by atoms with E-state index in [9.17, 15) is 9.90 Å². The van der Waals surface area contributed by atoms with E-state index < -0.39 is 0 Å². The number of hydrogen-bond acceptors (Lipinski definition) is 7. The zero-order valence-electron chi connectivity index (χ0n) is 21.1. The number of carbonyl (C=O) groups excluding carboxylic acids is 1. The van der Waals surface area contributed by atoms with E-state index in [4.69, 9.17) is 20.6 Å². The van der Waals surface area contributed by atoms with Crippen molar-refractivity contribution in [1.29, 1.82) is 0 Å². The van der Waals surface area contributed by atoms with E-state index in [1.165, 1.54) is 7.11 Å². The fourth-order valence-electron chi connectivity index (χ4n) is 3.89. The molecule has 8 heteroatoms. The molecular formula is C28H34N2O5S. The van der Waals surface area contributed by atoms with Gasteiger partial charge in [-0.3, -0.25) is 9.69 Å². The minimum Gasteiger partial charge on any atom is -0.504 e. The second kappa shape index (κ2) is 13.7. The number of phenolic OH excluding ortho intramolecular Hbond substituents is 1. The fraction of sp³-hybridized carbons (Fsp3) is 0.393. The molecule has 3 rings (SSSR count). The predicted molar refractivity (Wildman–Crippen MR) is 145 cm³/mol. The molecule has 2 aromatic rings. The number of ether oxygens (including phenoxy) is 3. The normalized spacial score (nSPS) is 15.3. The Morgan fingerprint density at radius 1 is 1.22 bits per heavy atom. The zero-order chi connectivity index (χ0) is 25.9. The maximum atomic E-state index is 13.1. The van der Waals surface area contributed by atoms with Gasteiger partial charge in [0.05, 0.1) is 7.11 Å². The molecule has 0 saturated carbocycles. The zero-order valence-corrected chi connectivity index (χ0v) is 21.9. The van der Waals surface area contributed by atoms with Gasteiger partial charge in [-0.05, 0) is 49.0 Å². The lowest BCUT2D eigenvalue weighted by atomic mass is 10.1. The van der Waals surface area contributed by atoms with Crippen LogP contribution in [0.5, 0.6) is 23.0 Å². The Kier molecular flexibility index (Phi) is 10.4. The third kappa shape index (κ3) is 7.12. The first-order valence-corrected chi connectivity index (χ1v) is 13.1. The molecule has 1 N–H and O–H groups in total. The van der Waals surface area contributed by atoms with Crippen molar-refractivity contribution in [2.45, 2.75) is 25.8 Å². The number of nitrogens with zero attached hydrogens (tertiary/aromatic N) is 2. The van der Waals surface area contributed by atoms with Crippen molar-refractivity contribution < 1.29 is 24.1 Å². The molecule has 1 fully saturated rings. The van der Waals surface area contributed by atoms with E-state index in [1.54, 1.807) is 40.9 Å². The van der Waals surface area contributed by atoms with Crippen LogP contribution in [-0.2, 0) is 11.3 Å². The van der Waals surface area contributed by atoms with E-state index in [0.29, 0.717) is 36.9 Å². The summed E-state index contributed by atoms with van der Waals surface area (Å²) < 4.78 is 16.9. The Hall–Kier alpha value is -3.28. The molecule has 7 nitrogen and oxygen atoms in total. The third-order valence-corrected chi connectivity index (χ3v) is 7.11. The highest BCUT2D eigenvalue weighted by Crippen LogP contribution is 2.33. The van der Waals surface area contributed by atoms with Gasteiger partial charge >= 0.3 is 0 Å². The van der Waals surface area contributed by atoms with Crippen molar-refractivity contribution in [2.24, 2.45) is 0 Å². The van der Waals surface area contributed by atoms with Gasteiger partial charge in [0, 0.05) is 30.5 Å². The van der Waals surface area contributed by atoms with E-state index in [-0.39, 0.29) is 23.6 Å². The molecule has 1 aliphatic rings. The van der Waals surface area contributed by atoms with Crippen molar-refractivity contribution in [3.8, 4) is 35.3 Å². The summed E-state index contributed by atoms with van der Waals surface area (Å²) in [6.07, 6.45) is 8.63. The van der Waals surface area contributed by atoms with Crippen LogP contribution in [0.2, 0.25) is 0 Å². The van der Waals surface area contributed by atoms with Crippen LogP contribution in [0.25, 0.3) is 6.08 Å². The van der Waals surface area contributed by atoms with Gasteiger partial charge in [0.1, 0.15) is 18.6 Å². The summed E-state index contributed by atoms with van der Waals surface area (Å²) >= 11 is 1.68. The second-order valence-electron chi connectivity index (χ2n) is 8.13. The van der Waals surface area contributed by atoms with Gasteiger partial charge in [0.25, 0.3) is 0 Å². The van der Waals surface area contributed by atoms with Crippen LogP contribution in [0.4, 0.5) is 0 Å². The van der Waals surface area contributed by atoms with Crippen molar-refractivity contribution in [1.82, 2.24) is 9.80 Å². The average molecular weight is 511 g/mol. The molecule has 2 aromatic carbocycles. The summed E-state index contributed by atoms with van der Waals surface area (Å²) in [6, 6.07) is 11.0. The molecule has 1 heterocycles. The summed E-state index contributed by atoms with van der Waals surface area (Å²) in [5.41, 5.74) is 1.55. The highest BCUT2D eigenvalue weighted by molar-refractivity contribution is 8.00. The number of hydrogen-bond donors (Lipinski definition) is 1. The minimum absolute atomic E-state index is 0.0946. The minimum atomic E-state index is -0.115. The summed E-state index contributed by atoms with van der Waals surface area (Å²) in [5.74, 6) is 4.89. The molecule has 192 valence electrons. The highest BCUT2D eigenvalue weighted by Gasteiger charge is 2.29. The standard InChI is InChI=1S/C28H34N2O5S/c1-5-15-34-23-10-8-9-11-24(23)35-20-27-30(14-16-36-27)26(31)13-12-21-17-22(19-29(6-2)7-3)28(32)25(18-21)33-4/h1,8-13,17-18,27,32H,6-7,14-16,19-20H2,2-4H3. The van der Waals surface area contributed by atoms with Gasteiger partial charge in [-0.1, -0.05) is 31.9 Å². The van der Waals surface area contributed by atoms with Crippen molar-refractivity contribution in [3.63, 3.8) is 0 Å². The molecule has 1 aliphatic heterocycles. The van der Waals surface area contributed by atoms with Crippen LogP contribution in [0.15, 0.2) is 42.5 Å². The first-order valence-electron chi connectivity index (χ1n) is 12.0. The number of terminal acetylenes is 1. The quantitative estimate of drug-likeness (QED) is 0.338. The highest BCUT2D eigenvalue weighted by atomic mass is 32.2. The number of carbonyl (C=O) groups is 1. The smallest absolute Gasteiger partial charge is 0.247 e. The Labute approximate surface area is 218 Å². The van der Waals surface area contributed by atoms with Crippen LogP contribution in [0, 0.1) is 12.3 Å². The summed E-state index contributed by atoms with van der Waals surface area (Å²) in [6.45, 7) is 7.63. The van der Waals surface area contributed by atoms with Gasteiger partial charge < -0.3 is 24.2 Å². The summed E-state index contributed by atoms with van der Waals surface area (Å²) in [7, 11) is 1.52. The summed E-state index contributed by atoms with van der Waals surface area (Å²) in [5, 5.41) is 10.5. The Balaban J connectivity index is 1.69. The number of thioether (sulfide) groups is 1. The third-order valence-electron chi connectivity index (χ3n) is 5.92. The number of para-hydroxylation sites is 2. The Morgan fingerprint density at radius 3 is 2.61 bits per heavy atom. The average Bonchev–Trinajstić information content (AvgIpc) is 3.38. The molecule has 1 unspecified atom stereocenters. The Bertz CT molecular complexity index is 1090. The van der Waals surface area contributed by atoms with Gasteiger partial charge in [0.15, 0.2) is 23.0 Å². The van der Waals surface area contributed by atoms with Crippen LogP contribution in [0.3, 0.4) is 0 Å². The van der Waals surface area contributed by atoms with Gasteiger partial charge in [-0.2, -0.15) is 0 Å². The SMILES string of the molecule is C#CCOc1ccccc1OCC1SCCN1C(=O)C=Cc1cc(CN(CC)CC)c(O)c(OC)c1. The molecule has 0 bridgehead atoms. The lowest BCUT2D eigenvalue weighted by Crippen LogP contribution is -2.37. The second-order valence-corrected chi connectivity index (χ2v) is 9.42. The van der Waals surface area contributed by atoms with Crippen LogP contribution >= 0.6 is 11.8 Å². The Morgan fingerprint density at radius 2 is 1.94 bits per heavy atom. The first-order chi connectivity index (χ1) is 17.5. The fourth-order valence-corrected chi connectivity index (χ4v) is 5.02.